The molecule has 0 radical (unpaired) electrons. The van der Waals surface area contributed by atoms with Gasteiger partial charge in [0.15, 0.2) is 0 Å². The van der Waals surface area contributed by atoms with Gasteiger partial charge in [-0.05, 0) is 32.9 Å². The van der Waals surface area contributed by atoms with Crippen molar-refractivity contribution >= 4 is 34.9 Å². The molecule has 106 valence electrons. The summed E-state index contributed by atoms with van der Waals surface area (Å²) in [7, 11) is 0. The van der Waals surface area contributed by atoms with E-state index in [4.69, 9.17) is 11.6 Å². The average Bonchev–Trinajstić information content (AvgIpc) is 2.76. The molecule has 0 spiro atoms. The van der Waals surface area contributed by atoms with Crippen molar-refractivity contribution in [3.05, 3.63) is 21.3 Å². The predicted octanol–water partition coefficient (Wildman–Crippen LogP) is 2.29. The number of imide groups is 1. The number of hydrogen-bond donors (Lipinski definition) is 3. The zero-order valence-electron chi connectivity index (χ0n) is 11.1. The van der Waals surface area contributed by atoms with E-state index in [9.17, 15) is 9.59 Å². The smallest absolute Gasteiger partial charge is 0.321 e. The van der Waals surface area contributed by atoms with Gasteiger partial charge in [0.1, 0.15) is 0 Å². The molecule has 0 bridgehead atoms. The molecule has 19 heavy (non-hydrogen) atoms. The summed E-state index contributed by atoms with van der Waals surface area (Å²) < 4.78 is 0.711. The highest BCUT2D eigenvalue weighted by molar-refractivity contribution is 7.16. The average molecular weight is 304 g/mol. The van der Waals surface area contributed by atoms with Crippen molar-refractivity contribution in [2.45, 2.75) is 32.9 Å². The molecule has 0 aliphatic heterocycles. The molecule has 0 aliphatic carbocycles. The molecule has 7 heteroatoms. The summed E-state index contributed by atoms with van der Waals surface area (Å²) in [6, 6.07) is 2.78. The minimum Gasteiger partial charge on any atom is -0.338 e. The summed E-state index contributed by atoms with van der Waals surface area (Å²) in [4.78, 5) is 24.0. The van der Waals surface area contributed by atoms with Crippen molar-refractivity contribution in [3.8, 4) is 0 Å². The predicted molar refractivity (Wildman–Crippen MR) is 77.6 cm³/mol. The van der Waals surface area contributed by atoms with Crippen LogP contribution in [0.15, 0.2) is 12.1 Å². The lowest BCUT2D eigenvalue weighted by atomic mass is 10.2. The molecular formula is C12H18ClN3O2S. The van der Waals surface area contributed by atoms with E-state index in [-0.39, 0.29) is 11.9 Å². The van der Waals surface area contributed by atoms with E-state index in [0.717, 1.165) is 4.88 Å². The second-order valence-corrected chi connectivity index (χ2v) is 5.85. The zero-order valence-corrected chi connectivity index (χ0v) is 12.7. The first-order chi connectivity index (χ1) is 8.93. The van der Waals surface area contributed by atoms with Crippen LogP contribution in [-0.4, -0.2) is 24.5 Å². The van der Waals surface area contributed by atoms with E-state index in [1.165, 1.54) is 11.3 Å². The lowest BCUT2D eigenvalue weighted by Crippen LogP contribution is -2.48. The first-order valence-electron chi connectivity index (χ1n) is 6.04. The van der Waals surface area contributed by atoms with Gasteiger partial charge >= 0.3 is 6.03 Å². The lowest BCUT2D eigenvalue weighted by molar-refractivity contribution is -0.121. The van der Waals surface area contributed by atoms with E-state index < -0.39 is 12.1 Å². The maximum atomic E-state index is 11.7. The Balaban J connectivity index is 2.47. The van der Waals surface area contributed by atoms with Crippen LogP contribution in [0.1, 0.15) is 31.7 Å². The molecule has 5 nitrogen and oxygen atoms in total. The van der Waals surface area contributed by atoms with Gasteiger partial charge in [-0.15, -0.1) is 11.3 Å². The van der Waals surface area contributed by atoms with Gasteiger partial charge in [0.05, 0.1) is 10.4 Å². The van der Waals surface area contributed by atoms with E-state index in [1.807, 2.05) is 19.1 Å². The van der Waals surface area contributed by atoms with Crippen LogP contribution in [0.4, 0.5) is 4.79 Å². The Morgan fingerprint density at radius 3 is 2.58 bits per heavy atom. The summed E-state index contributed by atoms with van der Waals surface area (Å²) >= 11 is 7.33. The van der Waals surface area contributed by atoms with E-state index in [2.05, 4.69) is 16.0 Å². The van der Waals surface area contributed by atoms with Gasteiger partial charge in [0.25, 0.3) is 0 Å². The molecule has 0 saturated carbocycles. The molecule has 1 rings (SSSR count). The third kappa shape index (κ3) is 5.18. The van der Waals surface area contributed by atoms with Gasteiger partial charge in [-0.25, -0.2) is 4.79 Å². The third-order valence-corrected chi connectivity index (χ3v) is 3.90. The monoisotopic (exact) mass is 303 g/mol. The van der Waals surface area contributed by atoms with Crippen molar-refractivity contribution in [1.82, 2.24) is 16.0 Å². The van der Waals surface area contributed by atoms with Crippen molar-refractivity contribution < 1.29 is 9.59 Å². The van der Waals surface area contributed by atoms with Gasteiger partial charge in [0, 0.05) is 17.5 Å². The van der Waals surface area contributed by atoms with Gasteiger partial charge in [0.2, 0.25) is 5.91 Å². The van der Waals surface area contributed by atoms with E-state index >= 15 is 0 Å². The number of amides is 3. The van der Waals surface area contributed by atoms with Gasteiger partial charge in [-0.3, -0.25) is 15.4 Å². The highest BCUT2D eigenvalue weighted by Gasteiger charge is 2.18. The molecule has 1 heterocycles. The normalized spacial score (nSPS) is 13.7. The summed E-state index contributed by atoms with van der Waals surface area (Å²) in [5, 5.41) is 7.89. The molecule has 0 aliphatic rings. The SMILES string of the molecule is CCNC(=O)NC(=O)C(C)NC(C)c1ccc(Cl)s1. The Labute approximate surface area is 121 Å². The van der Waals surface area contributed by atoms with Crippen LogP contribution in [0.25, 0.3) is 0 Å². The Hall–Kier alpha value is -1.11. The van der Waals surface area contributed by atoms with E-state index in [1.54, 1.807) is 13.8 Å². The quantitative estimate of drug-likeness (QED) is 0.781. The van der Waals surface area contributed by atoms with Gasteiger partial charge < -0.3 is 5.32 Å². The van der Waals surface area contributed by atoms with Crippen molar-refractivity contribution in [2.75, 3.05) is 6.54 Å². The standard InChI is InChI=1S/C12H18ClN3O2S/c1-4-14-12(18)16-11(17)8(3)15-7(2)9-5-6-10(13)19-9/h5-8,15H,4H2,1-3H3,(H2,14,16,17,18). The summed E-state index contributed by atoms with van der Waals surface area (Å²) in [5.41, 5.74) is 0. The van der Waals surface area contributed by atoms with Crippen LogP contribution in [-0.2, 0) is 4.79 Å². The van der Waals surface area contributed by atoms with Crippen LogP contribution in [0.5, 0.6) is 0 Å². The number of urea groups is 1. The first-order valence-corrected chi connectivity index (χ1v) is 7.23. The highest BCUT2D eigenvalue weighted by Crippen LogP contribution is 2.26. The molecular weight excluding hydrogens is 286 g/mol. The van der Waals surface area contributed by atoms with Crippen LogP contribution in [0.3, 0.4) is 0 Å². The third-order valence-electron chi connectivity index (χ3n) is 2.49. The van der Waals surface area contributed by atoms with Crippen molar-refractivity contribution in [3.63, 3.8) is 0 Å². The van der Waals surface area contributed by atoms with Crippen LogP contribution < -0.4 is 16.0 Å². The zero-order chi connectivity index (χ0) is 14.4. The summed E-state index contributed by atoms with van der Waals surface area (Å²) in [6.07, 6.45) is 0. The fourth-order valence-corrected chi connectivity index (χ4v) is 2.59. The second kappa shape index (κ2) is 7.47. The highest BCUT2D eigenvalue weighted by atomic mass is 35.5. The molecule has 0 fully saturated rings. The number of carbonyl (C=O) groups is 2. The molecule has 0 saturated heterocycles. The Morgan fingerprint density at radius 1 is 1.37 bits per heavy atom. The maximum Gasteiger partial charge on any atom is 0.321 e. The number of halogens is 1. The summed E-state index contributed by atoms with van der Waals surface area (Å²) in [5.74, 6) is -0.361. The first kappa shape index (κ1) is 15.9. The lowest BCUT2D eigenvalue weighted by Gasteiger charge is -2.18. The van der Waals surface area contributed by atoms with Crippen LogP contribution in [0.2, 0.25) is 4.34 Å². The number of rotatable bonds is 5. The van der Waals surface area contributed by atoms with Crippen LogP contribution in [0, 0.1) is 0 Å². The number of thiophene rings is 1. The molecule has 3 N–H and O–H groups in total. The Morgan fingerprint density at radius 2 is 2.05 bits per heavy atom. The maximum absolute atomic E-state index is 11.7. The fraction of sp³-hybridized carbons (Fsp3) is 0.500. The Bertz CT molecular complexity index is 450. The molecule has 2 unspecified atom stereocenters. The minimum atomic E-state index is -0.479. The molecule has 0 aromatic carbocycles. The van der Waals surface area contributed by atoms with E-state index in [0.29, 0.717) is 10.9 Å². The fourth-order valence-electron chi connectivity index (χ4n) is 1.52. The van der Waals surface area contributed by atoms with Crippen LogP contribution >= 0.6 is 22.9 Å². The molecule has 1 aromatic heterocycles. The number of carbonyl (C=O) groups excluding carboxylic acids is 2. The summed E-state index contributed by atoms with van der Waals surface area (Å²) in [6.45, 7) is 5.91. The Kier molecular flexibility index (Phi) is 6.27. The molecule has 1 aromatic rings. The molecule has 2 atom stereocenters. The topological polar surface area (TPSA) is 70.2 Å². The molecule has 3 amide bonds. The largest absolute Gasteiger partial charge is 0.338 e. The van der Waals surface area contributed by atoms with Crippen molar-refractivity contribution in [2.24, 2.45) is 0 Å². The van der Waals surface area contributed by atoms with Gasteiger partial charge in [-0.2, -0.15) is 0 Å². The van der Waals surface area contributed by atoms with Gasteiger partial charge in [-0.1, -0.05) is 11.6 Å². The van der Waals surface area contributed by atoms with Crippen molar-refractivity contribution in [1.29, 1.82) is 0 Å². The number of nitrogens with one attached hydrogen (secondary N) is 3. The number of hydrogen-bond acceptors (Lipinski definition) is 4. The second-order valence-electron chi connectivity index (χ2n) is 4.10. The minimum absolute atomic E-state index is 0.00696.